The van der Waals surface area contributed by atoms with E-state index >= 15 is 0 Å². The molecule has 0 aromatic heterocycles. The van der Waals surface area contributed by atoms with Gasteiger partial charge in [0.2, 0.25) is 0 Å². The number of carbonyl (C=O) groups is 2. The van der Waals surface area contributed by atoms with Crippen LogP contribution in [0.5, 0.6) is 0 Å². The second-order valence-electron chi connectivity index (χ2n) is 2.69. The van der Waals surface area contributed by atoms with Gasteiger partial charge >= 0.3 is 5.97 Å². The van der Waals surface area contributed by atoms with Crippen LogP contribution in [0, 0.1) is 0 Å². The molecule has 0 amide bonds. The quantitative estimate of drug-likeness (QED) is 0.436. The highest BCUT2D eigenvalue weighted by atomic mass is 35.5. The number of hydrogen-bond acceptors (Lipinski definition) is 3. The third-order valence-corrected chi connectivity index (χ3v) is 2.07. The zero-order valence-electron chi connectivity index (χ0n) is 7.57. The van der Waals surface area contributed by atoms with E-state index in [1.807, 2.05) is 0 Å². The first kappa shape index (κ1) is 10.7. The van der Waals surface area contributed by atoms with Gasteiger partial charge in [0, 0.05) is 5.02 Å². The first-order valence-corrected chi connectivity index (χ1v) is 4.35. The Morgan fingerprint density at radius 1 is 1.43 bits per heavy atom. The molecule has 1 aromatic carbocycles. The second-order valence-corrected chi connectivity index (χ2v) is 3.12. The van der Waals surface area contributed by atoms with Gasteiger partial charge in [-0.2, -0.15) is 0 Å². The fraction of sp³-hybridized carbons (Fsp3) is 0.200. The molecule has 14 heavy (non-hydrogen) atoms. The highest BCUT2D eigenvalue weighted by Crippen LogP contribution is 2.17. The van der Waals surface area contributed by atoms with E-state index < -0.39 is 11.9 Å². The molecule has 0 radical (unpaired) electrons. The van der Waals surface area contributed by atoms with Crippen LogP contribution in [0.3, 0.4) is 0 Å². The maximum absolute atomic E-state index is 11.1. The van der Waals surface area contributed by atoms with Crippen LogP contribution in [0.4, 0.5) is 0 Å². The molecule has 0 N–H and O–H groups in total. The maximum atomic E-state index is 11.1. The van der Waals surface area contributed by atoms with Crippen molar-refractivity contribution in [3.8, 4) is 0 Å². The monoisotopic (exact) mass is 212 g/mol. The fourth-order valence-electron chi connectivity index (χ4n) is 1.07. The van der Waals surface area contributed by atoms with Gasteiger partial charge in [0.25, 0.3) is 0 Å². The molecule has 1 rings (SSSR count). The van der Waals surface area contributed by atoms with Crippen molar-refractivity contribution in [3.05, 3.63) is 34.9 Å². The number of methoxy groups -OCH3 is 1. The van der Waals surface area contributed by atoms with Gasteiger partial charge < -0.3 is 9.53 Å². The van der Waals surface area contributed by atoms with Gasteiger partial charge in [0.15, 0.2) is 0 Å². The minimum atomic E-state index is -0.864. The molecule has 3 nitrogen and oxygen atoms in total. The lowest BCUT2D eigenvalue weighted by atomic mass is 10.0. The van der Waals surface area contributed by atoms with Crippen LogP contribution in [-0.2, 0) is 14.3 Å². The van der Waals surface area contributed by atoms with Crippen molar-refractivity contribution >= 4 is 23.9 Å². The minimum Gasteiger partial charge on any atom is -0.468 e. The molecule has 1 atom stereocenters. The van der Waals surface area contributed by atoms with Crippen LogP contribution in [0.15, 0.2) is 24.3 Å². The first-order chi connectivity index (χ1) is 6.69. The number of esters is 1. The third kappa shape index (κ3) is 2.33. The zero-order chi connectivity index (χ0) is 10.6. The second kappa shape index (κ2) is 4.77. The van der Waals surface area contributed by atoms with Crippen molar-refractivity contribution < 1.29 is 14.3 Å². The van der Waals surface area contributed by atoms with Crippen molar-refractivity contribution in [1.29, 1.82) is 0 Å². The van der Waals surface area contributed by atoms with Gasteiger partial charge in [-0.25, -0.2) is 0 Å². The molecule has 0 saturated heterocycles. The van der Waals surface area contributed by atoms with Crippen molar-refractivity contribution in [2.45, 2.75) is 5.92 Å². The maximum Gasteiger partial charge on any atom is 0.320 e. The summed E-state index contributed by atoms with van der Waals surface area (Å²) in [5.74, 6) is -1.43. The standard InChI is InChI=1S/C10H9ClO3/c1-14-10(13)9(6-12)7-2-4-8(11)5-3-7/h2-6,9H,1H3. The van der Waals surface area contributed by atoms with E-state index in [0.717, 1.165) is 0 Å². The lowest BCUT2D eigenvalue weighted by Crippen LogP contribution is -2.15. The molecule has 0 aliphatic rings. The van der Waals surface area contributed by atoms with Gasteiger partial charge in [0.05, 0.1) is 7.11 Å². The summed E-state index contributed by atoms with van der Waals surface area (Å²) in [7, 11) is 1.24. The molecular weight excluding hydrogens is 204 g/mol. The Morgan fingerprint density at radius 2 is 2.00 bits per heavy atom. The Balaban J connectivity index is 2.95. The van der Waals surface area contributed by atoms with Gasteiger partial charge in [-0.1, -0.05) is 23.7 Å². The summed E-state index contributed by atoms with van der Waals surface area (Å²) in [4.78, 5) is 21.8. The van der Waals surface area contributed by atoms with E-state index in [1.54, 1.807) is 24.3 Å². The molecule has 0 heterocycles. The average Bonchev–Trinajstić information content (AvgIpc) is 2.21. The summed E-state index contributed by atoms with van der Waals surface area (Å²) in [5.41, 5.74) is 0.580. The molecular formula is C10H9ClO3. The van der Waals surface area contributed by atoms with E-state index in [2.05, 4.69) is 4.74 Å². The highest BCUT2D eigenvalue weighted by Gasteiger charge is 2.19. The van der Waals surface area contributed by atoms with Gasteiger partial charge in [-0.05, 0) is 17.7 Å². The smallest absolute Gasteiger partial charge is 0.320 e. The molecule has 1 aromatic rings. The number of benzene rings is 1. The van der Waals surface area contributed by atoms with E-state index in [0.29, 0.717) is 16.9 Å². The molecule has 0 spiro atoms. The molecule has 4 heteroatoms. The number of carbonyl (C=O) groups excluding carboxylic acids is 2. The van der Waals surface area contributed by atoms with E-state index in [4.69, 9.17) is 11.6 Å². The van der Waals surface area contributed by atoms with Crippen molar-refractivity contribution in [2.24, 2.45) is 0 Å². The number of rotatable bonds is 3. The predicted octanol–water partition coefficient (Wildman–Crippen LogP) is 1.80. The van der Waals surface area contributed by atoms with Crippen LogP contribution >= 0.6 is 11.6 Å². The van der Waals surface area contributed by atoms with Gasteiger partial charge in [0.1, 0.15) is 12.2 Å². The van der Waals surface area contributed by atoms with Crippen LogP contribution in [0.1, 0.15) is 11.5 Å². The van der Waals surface area contributed by atoms with Crippen molar-refractivity contribution in [2.75, 3.05) is 7.11 Å². The molecule has 0 bridgehead atoms. The van der Waals surface area contributed by atoms with Crippen LogP contribution in [0.25, 0.3) is 0 Å². The molecule has 0 fully saturated rings. The van der Waals surface area contributed by atoms with E-state index in [9.17, 15) is 9.59 Å². The summed E-state index contributed by atoms with van der Waals surface area (Å²) >= 11 is 5.67. The summed E-state index contributed by atoms with van der Waals surface area (Å²) in [6.45, 7) is 0. The first-order valence-electron chi connectivity index (χ1n) is 3.97. The van der Waals surface area contributed by atoms with Gasteiger partial charge in [-0.3, -0.25) is 4.79 Å². The number of ether oxygens (including phenoxy) is 1. The Hall–Kier alpha value is -1.35. The van der Waals surface area contributed by atoms with Crippen LogP contribution < -0.4 is 0 Å². The Kier molecular flexibility index (Phi) is 3.65. The predicted molar refractivity (Wildman–Crippen MR) is 52.3 cm³/mol. The van der Waals surface area contributed by atoms with Crippen molar-refractivity contribution in [3.63, 3.8) is 0 Å². The van der Waals surface area contributed by atoms with Crippen LogP contribution in [0.2, 0.25) is 5.02 Å². The number of halogens is 1. The van der Waals surface area contributed by atoms with E-state index in [-0.39, 0.29) is 0 Å². The Labute approximate surface area is 86.6 Å². The largest absolute Gasteiger partial charge is 0.468 e. The third-order valence-electron chi connectivity index (χ3n) is 1.82. The van der Waals surface area contributed by atoms with Crippen LogP contribution in [-0.4, -0.2) is 19.4 Å². The molecule has 0 aliphatic heterocycles. The summed E-state index contributed by atoms with van der Waals surface area (Å²) in [5, 5.41) is 0.559. The molecule has 74 valence electrons. The minimum absolute atomic E-state index is 0.551. The number of aldehydes is 1. The fourth-order valence-corrected chi connectivity index (χ4v) is 1.19. The topological polar surface area (TPSA) is 43.4 Å². The lowest BCUT2D eigenvalue weighted by molar-refractivity contribution is -0.143. The molecule has 0 aliphatic carbocycles. The van der Waals surface area contributed by atoms with Gasteiger partial charge in [-0.15, -0.1) is 0 Å². The Morgan fingerprint density at radius 3 is 2.43 bits per heavy atom. The summed E-state index contributed by atoms with van der Waals surface area (Å²) < 4.78 is 4.48. The normalized spacial score (nSPS) is 11.9. The average molecular weight is 213 g/mol. The summed E-state index contributed by atoms with van der Waals surface area (Å²) in [6.07, 6.45) is 0.551. The Bertz CT molecular complexity index is 332. The highest BCUT2D eigenvalue weighted by molar-refractivity contribution is 6.30. The lowest BCUT2D eigenvalue weighted by Gasteiger charge is -2.07. The zero-order valence-corrected chi connectivity index (χ0v) is 8.32. The number of hydrogen-bond donors (Lipinski definition) is 0. The van der Waals surface area contributed by atoms with Crippen molar-refractivity contribution in [1.82, 2.24) is 0 Å². The summed E-state index contributed by atoms with van der Waals surface area (Å²) in [6, 6.07) is 6.49. The molecule has 1 unspecified atom stereocenters. The SMILES string of the molecule is COC(=O)C(C=O)c1ccc(Cl)cc1. The van der Waals surface area contributed by atoms with E-state index in [1.165, 1.54) is 7.11 Å². The molecule has 0 saturated carbocycles.